The average molecular weight is 284 g/mol. The molecule has 0 fully saturated rings. The van der Waals surface area contributed by atoms with Gasteiger partial charge in [0, 0.05) is 18.9 Å². The van der Waals surface area contributed by atoms with Crippen LogP contribution in [0.3, 0.4) is 0 Å². The highest BCUT2D eigenvalue weighted by Gasteiger charge is 2.05. The Morgan fingerprint density at radius 2 is 2.06 bits per heavy atom. The molecule has 5 nitrogen and oxygen atoms in total. The summed E-state index contributed by atoms with van der Waals surface area (Å²) in [6.07, 6.45) is 1.69. The van der Waals surface area contributed by atoms with Gasteiger partial charge in [-0.15, -0.1) is 10.2 Å². The second-order valence-corrected chi connectivity index (χ2v) is 6.29. The Balaban J connectivity index is 2.46. The van der Waals surface area contributed by atoms with E-state index in [0.717, 1.165) is 0 Å². The standard InChI is InChI=1S/C8H11Cl2N3O2S/c1-16(14,15)4-2-3-11-6-5-7(9)12-13-8(6)10/h5H,2-4H2,1H3,(H,11,12). The monoisotopic (exact) mass is 283 g/mol. The Morgan fingerprint density at radius 1 is 1.38 bits per heavy atom. The zero-order valence-corrected chi connectivity index (χ0v) is 10.9. The first kappa shape index (κ1) is 13.5. The number of sulfone groups is 1. The van der Waals surface area contributed by atoms with Crippen LogP contribution >= 0.6 is 23.2 Å². The van der Waals surface area contributed by atoms with Gasteiger partial charge in [-0.1, -0.05) is 23.2 Å². The van der Waals surface area contributed by atoms with Gasteiger partial charge in [-0.05, 0) is 6.42 Å². The van der Waals surface area contributed by atoms with Gasteiger partial charge in [-0.25, -0.2) is 8.42 Å². The van der Waals surface area contributed by atoms with Gasteiger partial charge in [-0.2, -0.15) is 0 Å². The van der Waals surface area contributed by atoms with Crippen molar-refractivity contribution >= 4 is 38.7 Å². The summed E-state index contributed by atoms with van der Waals surface area (Å²) in [7, 11) is -2.92. The van der Waals surface area contributed by atoms with Crippen molar-refractivity contribution in [3.8, 4) is 0 Å². The van der Waals surface area contributed by atoms with Crippen LogP contribution < -0.4 is 5.32 Å². The van der Waals surface area contributed by atoms with Gasteiger partial charge in [0.05, 0.1) is 11.4 Å². The molecule has 90 valence electrons. The Hall–Kier alpha value is -0.590. The van der Waals surface area contributed by atoms with Crippen molar-refractivity contribution in [2.24, 2.45) is 0 Å². The van der Waals surface area contributed by atoms with E-state index in [4.69, 9.17) is 23.2 Å². The van der Waals surface area contributed by atoms with E-state index in [9.17, 15) is 8.42 Å². The lowest BCUT2D eigenvalue weighted by Gasteiger charge is -2.06. The summed E-state index contributed by atoms with van der Waals surface area (Å²) in [6, 6.07) is 1.54. The first-order valence-corrected chi connectivity index (χ1v) is 7.30. The van der Waals surface area contributed by atoms with Crippen LogP contribution in [0.1, 0.15) is 6.42 Å². The smallest absolute Gasteiger partial charge is 0.174 e. The van der Waals surface area contributed by atoms with Crippen molar-refractivity contribution in [1.29, 1.82) is 0 Å². The minimum absolute atomic E-state index is 0.129. The van der Waals surface area contributed by atoms with E-state index in [1.807, 2.05) is 0 Å². The Labute approximate surface area is 104 Å². The topological polar surface area (TPSA) is 72.0 Å². The molecule has 0 aliphatic rings. The molecule has 0 saturated heterocycles. The molecule has 1 aromatic rings. The number of hydrogen-bond acceptors (Lipinski definition) is 5. The normalized spacial score (nSPS) is 11.4. The summed E-state index contributed by atoms with van der Waals surface area (Å²) in [5.74, 6) is 0.129. The molecule has 0 aromatic carbocycles. The molecule has 0 bridgehead atoms. The highest BCUT2D eigenvalue weighted by molar-refractivity contribution is 7.90. The van der Waals surface area contributed by atoms with E-state index in [2.05, 4.69) is 15.5 Å². The van der Waals surface area contributed by atoms with Crippen LogP contribution in [0.5, 0.6) is 0 Å². The fourth-order valence-corrected chi connectivity index (χ4v) is 2.01. The SMILES string of the molecule is CS(=O)(=O)CCCNc1cc(Cl)nnc1Cl. The van der Waals surface area contributed by atoms with Gasteiger partial charge in [0.15, 0.2) is 10.3 Å². The molecule has 0 unspecified atom stereocenters. The summed E-state index contributed by atoms with van der Waals surface area (Å²) in [4.78, 5) is 0. The van der Waals surface area contributed by atoms with E-state index < -0.39 is 9.84 Å². The van der Waals surface area contributed by atoms with Gasteiger partial charge in [0.25, 0.3) is 0 Å². The minimum Gasteiger partial charge on any atom is -0.382 e. The van der Waals surface area contributed by atoms with Gasteiger partial charge in [-0.3, -0.25) is 0 Å². The summed E-state index contributed by atoms with van der Waals surface area (Å²) in [5, 5.41) is 10.5. The van der Waals surface area contributed by atoms with Crippen LogP contribution in [0, 0.1) is 0 Å². The lowest BCUT2D eigenvalue weighted by molar-refractivity contribution is 0.600. The molecular weight excluding hydrogens is 273 g/mol. The number of nitrogens with one attached hydrogen (secondary N) is 1. The van der Waals surface area contributed by atoms with E-state index in [1.165, 1.54) is 12.3 Å². The molecule has 0 radical (unpaired) electrons. The molecule has 0 spiro atoms. The number of anilines is 1. The Kier molecular flexibility index (Phi) is 4.76. The van der Waals surface area contributed by atoms with E-state index in [0.29, 0.717) is 18.7 Å². The maximum absolute atomic E-state index is 10.9. The van der Waals surface area contributed by atoms with E-state index in [-0.39, 0.29) is 16.1 Å². The molecule has 1 aromatic heterocycles. The predicted molar refractivity (Wildman–Crippen MR) is 64.9 cm³/mol. The van der Waals surface area contributed by atoms with E-state index in [1.54, 1.807) is 0 Å². The molecule has 0 aliphatic heterocycles. The highest BCUT2D eigenvalue weighted by Crippen LogP contribution is 2.20. The van der Waals surface area contributed by atoms with Crippen molar-refractivity contribution in [1.82, 2.24) is 10.2 Å². The first-order valence-electron chi connectivity index (χ1n) is 4.49. The van der Waals surface area contributed by atoms with E-state index >= 15 is 0 Å². The second kappa shape index (κ2) is 5.65. The summed E-state index contributed by atoms with van der Waals surface area (Å²) in [6.45, 7) is 0.481. The van der Waals surface area contributed by atoms with Gasteiger partial charge in [0.2, 0.25) is 0 Å². The van der Waals surface area contributed by atoms with Gasteiger partial charge in [0.1, 0.15) is 9.84 Å². The lowest BCUT2D eigenvalue weighted by atomic mass is 10.4. The van der Waals surface area contributed by atoms with Crippen LogP contribution in [-0.2, 0) is 9.84 Å². The molecule has 0 saturated carbocycles. The predicted octanol–water partition coefficient (Wildman–Crippen LogP) is 1.63. The highest BCUT2D eigenvalue weighted by atomic mass is 35.5. The number of aromatic nitrogens is 2. The lowest BCUT2D eigenvalue weighted by Crippen LogP contribution is -2.10. The van der Waals surface area contributed by atoms with Crippen molar-refractivity contribution < 1.29 is 8.42 Å². The molecule has 0 atom stereocenters. The largest absolute Gasteiger partial charge is 0.382 e. The third-order valence-corrected chi connectivity index (χ3v) is 3.22. The number of rotatable bonds is 5. The van der Waals surface area contributed by atoms with Crippen molar-refractivity contribution in [3.05, 3.63) is 16.4 Å². The number of halogens is 2. The van der Waals surface area contributed by atoms with Gasteiger partial charge < -0.3 is 5.32 Å². The third kappa shape index (κ3) is 4.96. The minimum atomic E-state index is -2.92. The fraction of sp³-hybridized carbons (Fsp3) is 0.500. The molecule has 0 aliphatic carbocycles. The zero-order valence-electron chi connectivity index (χ0n) is 8.57. The molecule has 16 heavy (non-hydrogen) atoms. The van der Waals surface area contributed by atoms with Crippen LogP contribution in [0.15, 0.2) is 6.07 Å². The molecule has 1 N–H and O–H groups in total. The van der Waals surface area contributed by atoms with Crippen LogP contribution in [-0.4, -0.2) is 37.2 Å². The van der Waals surface area contributed by atoms with Crippen LogP contribution in [0.25, 0.3) is 0 Å². The van der Waals surface area contributed by atoms with Crippen molar-refractivity contribution in [3.63, 3.8) is 0 Å². The molecular formula is C8H11Cl2N3O2S. The molecule has 0 amide bonds. The number of nitrogens with zero attached hydrogens (tertiary/aromatic N) is 2. The second-order valence-electron chi connectivity index (χ2n) is 3.28. The molecule has 8 heteroatoms. The van der Waals surface area contributed by atoms with Crippen LogP contribution in [0.2, 0.25) is 10.3 Å². The number of hydrogen-bond donors (Lipinski definition) is 1. The summed E-state index contributed by atoms with van der Waals surface area (Å²) >= 11 is 11.4. The summed E-state index contributed by atoms with van der Waals surface area (Å²) < 4.78 is 21.7. The quantitative estimate of drug-likeness (QED) is 0.832. The third-order valence-electron chi connectivity index (χ3n) is 1.73. The van der Waals surface area contributed by atoms with Crippen molar-refractivity contribution in [2.45, 2.75) is 6.42 Å². The maximum atomic E-state index is 10.9. The van der Waals surface area contributed by atoms with Crippen molar-refractivity contribution in [2.75, 3.05) is 23.9 Å². The molecule has 1 rings (SSSR count). The maximum Gasteiger partial charge on any atom is 0.174 e. The Morgan fingerprint density at radius 3 is 2.69 bits per heavy atom. The Bertz CT molecular complexity index is 464. The average Bonchev–Trinajstić information content (AvgIpc) is 2.16. The van der Waals surface area contributed by atoms with Gasteiger partial charge >= 0.3 is 0 Å². The first-order chi connectivity index (χ1) is 7.38. The fourth-order valence-electron chi connectivity index (χ4n) is 1.03. The molecule has 1 heterocycles. The summed E-state index contributed by atoms with van der Waals surface area (Å²) in [5.41, 5.74) is 0.551. The zero-order chi connectivity index (χ0) is 12.2. The van der Waals surface area contributed by atoms with Crippen LogP contribution in [0.4, 0.5) is 5.69 Å².